The minimum absolute atomic E-state index is 0.216. The van der Waals surface area contributed by atoms with Gasteiger partial charge in [-0.25, -0.2) is 4.68 Å². The SMILES string of the molecule is CCOC(=O)Cn1nc(C(C)(C)O)n2c(cc3sc(Cl)cc32)c1=O. The number of nitrogens with zero attached hydrogens (tertiary/aromatic N) is 3. The van der Waals surface area contributed by atoms with Crippen molar-refractivity contribution in [3.8, 4) is 0 Å². The molecular weight excluding hydrogens is 354 g/mol. The second-order valence-electron chi connectivity index (χ2n) is 5.82. The van der Waals surface area contributed by atoms with Crippen LogP contribution in [0.4, 0.5) is 0 Å². The van der Waals surface area contributed by atoms with Gasteiger partial charge in [0.25, 0.3) is 5.56 Å². The van der Waals surface area contributed by atoms with Crippen molar-refractivity contribution in [1.29, 1.82) is 0 Å². The molecule has 9 heteroatoms. The third kappa shape index (κ3) is 2.81. The summed E-state index contributed by atoms with van der Waals surface area (Å²) in [5, 5.41) is 14.7. The number of hydrogen-bond acceptors (Lipinski definition) is 6. The first kappa shape index (κ1) is 16.9. The molecule has 0 saturated carbocycles. The van der Waals surface area contributed by atoms with Crippen molar-refractivity contribution in [1.82, 2.24) is 14.2 Å². The van der Waals surface area contributed by atoms with Crippen LogP contribution in [0.2, 0.25) is 4.34 Å². The fourth-order valence-corrected chi connectivity index (χ4v) is 3.68. The highest BCUT2D eigenvalue weighted by Gasteiger charge is 2.27. The van der Waals surface area contributed by atoms with E-state index in [9.17, 15) is 14.7 Å². The molecular formula is C15H16ClN3O4S. The van der Waals surface area contributed by atoms with Gasteiger partial charge in [-0.3, -0.25) is 14.0 Å². The Labute approximate surface area is 146 Å². The molecule has 0 bridgehead atoms. The van der Waals surface area contributed by atoms with Crippen molar-refractivity contribution in [3.63, 3.8) is 0 Å². The molecule has 0 atom stereocenters. The fourth-order valence-electron chi connectivity index (χ4n) is 2.52. The van der Waals surface area contributed by atoms with Crippen LogP contribution in [0.3, 0.4) is 0 Å². The Bertz CT molecular complexity index is 996. The van der Waals surface area contributed by atoms with E-state index in [2.05, 4.69) is 5.10 Å². The van der Waals surface area contributed by atoms with Crippen molar-refractivity contribution >= 4 is 44.6 Å². The summed E-state index contributed by atoms with van der Waals surface area (Å²) in [4.78, 5) is 24.4. The molecule has 0 fully saturated rings. The van der Waals surface area contributed by atoms with E-state index in [1.165, 1.54) is 11.3 Å². The number of aromatic nitrogens is 3. The maximum Gasteiger partial charge on any atom is 0.327 e. The van der Waals surface area contributed by atoms with Gasteiger partial charge in [0.1, 0.15) is 17.7 Å². The van der Waals surface area contributed by atoms with E-state index in [-0.39, 0.29) is 19.0 Å². The summed E-state index contributed by atoms with van der Waals surface area (Å²) in [6, 6.07) is 3.41. The van der Waals surface area contributed by atoms with Gasteiger partial charge >= 0.3 is 5.97 Å². The van der Waals surface area contributed by atoms with Crippen LogP contribution in [0, 0.1) is 0 Å². The van der Waals surface area contributed by atoms with Crippen LogP contribution in [0.1, 0.15) is 26.6 Å². The van der Waals surface area contributed by atoms with Gasteiger partial charge in [0, 0.05) is 0 Å². The first-order chi connectivity index (χ1) is 11.2. The van der Waals surface area contributed by atoms with Crippen LogP contribution < -0.4 is 5.56 Å². The largest absolute Gasteiger partial charge is 0.465 e. The zero-order valence-corrected chi connectivity index (χ0v) is 14.9. The van der Waals surface area contributed by atoms with Gasteiger partial charge in [-0.05, 0) is 32.9 Å². The van der Waals surface area contributed by atoms with Crippen molar-refractivity contribution < 1.29 is 14.6 Å². The molecule has 0 saturated heterocycles. The van der Waals surface area contributed by atoms with E-state index in [0.29, 0.717) is 15.4 Å². The van der Waals surface area contributed by atoms with Gasteiger partial charge in [-0.15, -0.1) is 11.3 Å². The molecule has 0 amide bonds. The number of rotatable bonds is 4. The summed E-state index contributed by atoms with van der Waals surface area (Å²) in [6.07, 6.45) is 0. The number of halogens is 1. The average molecular weight is 370 g/mol. The molecule has 7 nitrogen and oxygen atoms in total. The van der Waals surface area contributed by atoms with Crippen LogP contribution in [0.5, 0.6) is 0 Å². The van der Waals surface area contributed by atoms with Crippen LogP contribution in [-0.4, -0.2) is 31.9 Å². The normalized spacial score (nSPS) is 12.2. The average Bonchev–Trinajstić information content (AvgIpc) is 2.97. The molecule has 0 spiro atoms. The van der Waals surface area contributed by atoms with Crippen molar-refractivity contribution in [2.24, 2.45) is 0 Å². The number of hydrogen-bond donors (Lipinski definition) is 1. The molecule has 0 aliphatic heterocycles. The molecule has 3 aromatic rings. The smallest absolute Gasteiger partial charge is 0.327 e. The zero-order chi connectivity index (χ0) is 17.6. The van der Waals surface area contributed by atoms with E-state index in [4.69, 9.17) is 16.3 Å². The lowest BCUT2D eigenvalue weighted by Gasteiger charge is -2.20. The number of thiophene rings is 1. The molecule has 0 aromatic carbocycles. The summed E-state index contributed by atoms with van der Waals surface area (Å²) >= 11 is 7.37. The van der Waals surface area contributed by atoms with Crippen LogP contribution in [0.15, 0.2) is 16.9 Å². The summed E-state index contributed by atoms with van der Waals surface area (Å²) in [5.74, 6) is -0.319. The Kier molecular flexibility index (Phi) is 4.15. The number of carbonyl (C=O) groups is 1. The Balaban J connectivity index is 2.31. The van der Waals surface area contributed by atoms with Crippen molar-refractivity contribution in [2.45, 2.75) is 32.9 Å². The predicted molar refractivity (Wildman–Crippen MR) is 91.7 cm³/mol. The highest BCUT2D eigenvalue weighted by molar-refractivity contribution is 7.22. The van der Waals surface area contributed by atoms with Gasteiger partial charge in [0.05, 0.1) is 21.2 Å². The molecule has 0 radical (unpaired) electrons. The lowest BCUT2D eigenvalue weighted by molar-refractivity contribution is -0.144. The minimum Gasteiger partial charge on any atom is -0.465 e. The predicted octanol–water partition coefficient (Wildman–Crippen LogP) is 2.15. The van der Waals surface area contributed by atoms with E-state index in [1.807, 2.05) is 0 Å². The van der Waals surface area contributed by atoms with Gasteiger partial charge in [0.2, 0.25) is 0 Å². The van der Waals surface area contributed by atoms with E-state index >= 15 is 0 Å². The third-order valence-electron chi connectivity index (χ3n) is 3.47. The fraction of sp³-hybridized carbons (Fsp3) is 0.400. The summed E-state index contributed by atoms with van der Waals surface area (Å²) in [6.45, 7) is 4.71. The first-order valence-corrected chi connectivity index (χ1v) is 8.52. The van der Waals surface area contributed by atoms with Crippen molar-refractivity contribution in [2.75, 3.05) is 6.61 Å². The molecule has 3 heterocycles. The lowest BCUT2D eigenvalue weighted by Crippen LogP contribution is -2.34. The highest BCUT2D eigenvalue weighted by Crippen LogP contribution is 2.33. The molecule has 0 aliphatic carbocycles. The Hall–Kier alpha value is -1.90. The van der Waals surface area contributed by atoms with Crippen LogP contribution >= 0.6 is 22.9 Å². The van der Waals surface area contributed by atoms with Gasteiger partial charge in [0.15, 0.2) is 5.82 Å². The second-order valence-corrected chi connectivity index (χ2v) is 7.53. The number of carbonyl (C=O) groups excluding carboxylic acids is 1. The molecule has 3 aromatic heterocycles. The maximum absolute atomic E-state index is 12.7. The Morgan fingerprint density at radius 2 is 2.12 bits per heavy atom. The summed E-state index contributed by atoms with van der Waals surface area (Å²) in [7, 11) is 0. The topological polar surface area (TPSA) is 85.8 Å². The first-order valence-electron chi connectivity index (χ1n) is 7.32. The van der Waals surface area contributed by atoms with Crippen LogP contribution in [0.25, 0.3) is 15.7 Å². The summed E-state index contributed by atoms with van der Waals surface area (Å²) in [5.41, 5.74) is -0.743. The third-order valence-corrected chi connectivity index (χ3v) is 4.67. The van der Waals surface area contributed by atoms with Crippen molar-refractivity contribution in [3.05, 3.63) is 32.6 Å². The van der Waals surface area contributed by atoms with E-state index in [0.717, 1.165) is 9.38 Å². The molecule has 3 rings (SSSR count). The van der Waals surface area contributed by atoms with Gasteiger partial charge in [-0.2, -0.15) is 5.10 Å². The molecule has 24 heavy (non-hydrogen) atoms. The standard InChI is InChI=1S/C15H16ClN3O4S/c1-4-23-12(20)7-18-13(21)9-5-10-8(6-11(16)24-10)19(9)14(17-18)15(2,3)22/h5-6,22H,4,7H2,1-3H3. The van der Waals surface area contributed by atoms with E-state index < -0.39 is 17.1 Å². The Morgan fingerprint density at radius 3 is 2.75 bits per heavy atom. The number of ether oxygens (including phenoxy) is 1. The summed E-state index contributed by atoms with van der Waals surface area (Å²) < 4.78 is 8.86. The van der Waals surface area contributed by atoms with Crippen LogP contribution in [-0.2, 0) is 21.7 Å². The molecule has 0 aliphatic rings. The van der Waals surface area contributed by atoms with E-state index in [1.54, 1.807) is 37.3 Å². The highest BCUT2D eigenvalue weighted by atomic mass is 35.5. The number of esters is 1. The molecule has 1 N–H and O–H groups in total. The number of fused-ring (bicyclic) bond motifs is 3. The number of aliphatic hydroxyl groups is 1. The quantitative estimate of drug-likeness (QED) is 0.712. The maximum atomic E-state index is 12.7. The van der Waals surface area contributed by atoms with Gasteiger partial charge < -0.3 is 9.84 Å². The second kappa shape index (κ2) is 5.87. The lowest BCUT2D eigenvalue weighted by atomic mass is 10.1. The van der Waals surface area contributed by atoms with Gasteiger partial charge in [-0.1, -0.05) is 11.6 Å². The zero-order valence-electron chi connectivity index (χ0n) is 13.4. The monoisotopic (exact) mass is 369 g/mol. The minimum atomic E-state index is -1.33. The Morgan fingerprint density at radius 1 is 1.42 bits per heavy atom. The molecule has 0 unspecified atom stereocenters. The molecule has 128 valence electrons.